The van der Waals surface area contributed by atoms with Crippen LogP contribution in [-0.4, -0.2) is 8.42 Å². The van der Waals surface area contributed by atoms with Crippen molar-refractivity contribution in [3.63, 3.8) is 0 Å². The van der Waals surface area contributed by atoms with Gasteiger partial charge in [-0.1, -0.05) is 6.07 Å². The summed E-state index contributed by atoms with van der Waals surface area (Å²) in [7, 11) is -3.84. The van der Waals surface area contributed by atoms with Crippen molar-refractivity contribution in [1.29, 1.82) is 0 Å². The molecule has 0 bridgehead atoms. The summed E-state index contributed by atoms with van der Waals surface area (Å²) in [6.07, 6.45) is 0. The molecule has 0 aliphatic heterocycles. The maximum Gasteiger partial charge on any atom is 0.238 e. The minimum atomic E-state index is -3.84. The van der Waals surface area contributed by atoms with Crippen LogP contribution in [0.25, 0.3) is 0 Å². The first-order valence-corrected chi connectivity index (χ1v) is 7.42. The Kier molecular flexibility index (Phi) is 4.10. The first-order chi connectivity index (χ1) is 9.77. The van der Waals surface area contributed by atoms with Gasteiger partial charge in [0.1, 0.15) is 0 Å². The Bertz CT molecular complexity index is 779. The van der Waals surface area contributed by atoms with Crippen molar-refractivity contribution < 1.29 is 17.2 Å². The second-order valence-electron chi connectivity index (χ2n) is 4.40. The normalized spacial score (nSPS) is 11.4. The maximum atomic E-state index is 13.1. The zero-order valence-electron chi connectivity index (χ0n) is 10.8. The predicted molar refractivity (Wildman–Crippen MR) is 75.9 cm³/mol. The van der Waals surface area contributed by atoms with E-state index in [0.717, 1.165) is 12.1 Å². The van der Waals surface area contributed by atoms with E-state index in [-0.39, 0.29) is 11.4 Å². The van der Waals surface area contributed by atoms with Crippen LogP contribution in [0.15, 0.2) is 41.3 Å². The Morgan fingerprint density at radius 2 is 1.76 bits per heavy atom. The number of primary sulfonamides is 1. The van der Waals surface area contributed by atoms with Gasteiger partial charge in [0, 0.05) is 6.54 Å². The van der Waals surface area contributed by atoms with Crippen molar-refractivity contribution in [2.75, 3.05) is 11.1 Å². The summed E-state index contributed by atoms with van der Waals surface area (Å²) in [5.74, 6) is -1.89. The Morgan fingerprint density at radius 1 is 1.05 bits per heavy atom. The molecule has 0 saturated carbocycles. The quantitative estimate of drug-likeness (QED) is 0.750. The molecular formula is C13H13F2N3O2S. The molecule has 5 N–H and O–H groups in total. The average molecular weight is 313 g/mol. The van der Waals surface area contributed by atoms with Crippen LogP contribution in [0.5, 0.6) is 0 Å². The van der Waals surface area contributed by atoms with Crippen LogP contribution in [0.2, 0.25) is 0 Å². The molecule has 0 atom stereocenters. The molecule has 0 radical (unpaired) electrons. The molecule has 0 saturated heterocycles. The first kappa shape index (κ1) is 15.2. The van der Waals surface area contributed by atoms with Gasteiger partial charge in [-0.3, -0.25) is 0 Å². The molecule has 0 aliphatic carbocycles. The molecule has 2 rings (SSSR count). The molecule has 2 aromatic rings. The van der Waals surface area contributed by atoms with Crippen LogP contribution in [0.1, 0.15) is 5.56 Å². The van der Waals surface area contributed by atoms with Crippen molar-refractivity contribution in [2.24, 2.45) is 5.14 Å². The van der Waals surface area contributed by atoms with Crippen molar-refractivity contribution in [3.8, 4) is 0 Å². The van der Waals surface area contributed by atoms with Gasteiger partial charge in [-0.2, -0.15) is 0 Å². The van der Waals surface area contributed by atoms with Crippen LogP contribution in [0.4, 0.5) is 20.2 Å². The van der Waals surface area contributed by atoms with E-state index in [2.05, 4.69) is 5.32 Å². The number of nitrogen functional groups attached to an aromatic ring is 1. The lowest BCUT2D eigenvalue weighted by Crippen LogP contribution is -2.13. The summed E-state index contributed by atoms with van der Waals surface area (Å²) in [6, 6.07) is 7.43. The largest absolute Gasteiger partial charge is 0.397 e. The van der Waals surface area contributed by atoms with E-state index in [1.54, 1.807) is 0 Å². The highest BCUT2D eigenvalue weighted by Gasteiger charge is 2.10. The van der Waals surface area contributed by atoms with Gasteiger partial charge in [0.25, 0.3) is 0 Å². The minimum absolute atomic E-state index is 0.0931. The SMILES string of the molecule is Nc1ccc(S(N)(=O)=O)cc1NCc1ccc(F)c(F)c1. The number of nitrogens with two attached hydrogens (primary N) is 2. The summed E-state index contributed by atoms with van der Waals surface area (Å²) >= 11 is 0. The zero-order chi connectivity index (χ0) is 15.6. The lowest BCUT2D eigenvalue weighted by Gasteiger charge is -2.11. The van der Waals surface area contributed by atoms with E-state index in [9.17, 15) is 17.2 Å². The van der Waals surface area contributed by atoms with Crippen molar-refractivity contribution in [3.05, 3.63) is 53.6 Å². The molecule has 21 heavy (non-hydrogen) atoms. The molecule has 8 heteroatoms. The molecular weight excluding hydrogens is 300 g/mol. The van der Waals surface area contributed by atoms with E-state index >= 15 is 0 Å². The highest BCUT2D eigenvalue weighted by molar-refractivity contribution is 7.89. The van der Waals surface area contributed by atoms with Gasteiger partial charge in [-0.25, -0.2) is 22.3 Å². The smallest absolute Gasteiger partial charge is 0.238 e. The number of anilines is 2. The van der Waals surface area contributed by atoms with E-state index in [1.807, 2.05) is 0 Å². The number of halogens is 2. The molecule has 0 unspecified atom stereocenters. The summed E-state index contributed by atoms with van der Waals surface area (Å²) in [6.45, 7) is 0.148. The average Bonchev–Trinajstić information content (AvgIpc) is 2.40. The number of rotatable bonds is 4. The summed E-state index contributed by atoms with van der Waals surface area (Å²) in [5.41, 5.74) is 6.85. The van der Waals surface area contributed by atoms with Crippen molar-refractivity contribution in [1.82, 2.24) is 0 Å². The fourth-order valence-electron chi connectivity index (χ4n) is 1.71. The minimum Gasteiger partial charge on any atom is -0.397 e. The van der Waals surface area contributed by atoms with E-state index in [4.69, 9.17) is 10.9 Å². The van der Waals surface area contributed by atoms with Crippen molar-refractivity contribution >= 4 is 21.4 Å². The fraction of sp³-hybridized carbons (Fsp3) is 0.0769. The maximum absolute atomic E-state index is 13.1. The summed E-state index contributed by atoms with van der Waals surface area (Å²) in [4.78, 5) is -0.0931. The number of nitrogens with one attached hydrogen (secondary N) is 1. The predicted octanol–water partition coefficient (Wildman–Crippen LogP) is 1.81. The zero-order valence-corrected chi connectivity index (χ0v) is 11.6. The monoisotopic (exact) mass is 313 g/mol. The van der Waals surface area contributed by atoms with Gasteiger partial charge in [-0.05, 0) is 35.9 Å². The molecule has 2 aromatic carbocycles. The van der Waals surface area contributed by atoms with E-state index in [1.165, 1.54) is 24.3 Å². The number of hydrogen-bond acceptors (Lipinski definition) is 4. The number of sulfonamides is 1. The lowest BCUT2D eigenvalue weighted by molar-refractivity contribution is 0.507. The topological polar surface area (TPSA) is 98.2 Å². The second kappa shape index (κ2) is 5.66. The Balaban J connectivity index is 2.21. The molecule has 5 nitrogen and oxygen atoms in total. The Hall–Kier alpha value is -2.19. The highest BCUT2D eigenvalue weighted by atomic mass is 32.2. The van der Waals surface area contributed by atoms with Crippen LogP contribution in [-0.2, 0) is 16.6 Å². The lowest BCUT2D eigenvalue weighted by atomic mass is 10.2. The summed E-state index contributed by atoms with van der Waals surface area (Å²) in [5, 5.41) is 7.89. The van der Waals surface area contributed by atoms with Crippen molar-refractivity contribution in [2.45, 2.75) is 11.4 Å². The van der Waals surface area contributed by atoms with Crippen LogP contribution < -0.4 is 16.2 Å². The van der Waals surface area contributed by atoms with Gasteiger partial charge < -0.3 is 11.1 Å². The molecule has 112 valence electrons. The van der Waals surface area contributed by atoms with Gasteiger partial charge in [0.15, 0.2) is 11.6 Å². The second-order valence-corrected chi connectivity index (χ2v) is 5.96. The van der Waals surface area contributed by atoms with E-state index < -0.39 is 21.7 Å². The van der Waals surface area contributed by atoms with Gasteiger partial charge in [0.05, 0.1) is 16.3 Å². The van der Waals surface area contributed by atoms with Crippen LogP contribution >= 0.6 is 0 Å². The molecule has 0 aliphatic rings. The van der Waals surface area contributed by atoms with Gasteiger partial charge in [-0.15, -0.1) is 0 Å². The number of benzene rings is 2. The Labute approximate surface area is 120 Å². The number of hydrogen-bond donors (Lipinski definition) is 3. The third-order valence-electron chi connectivity index (χ3n) is 2.82. The van der Waals surface area contributed by atoms with Crippen LogP contribution in [0, 0.1) is 11.6 Å². The molecule has 0 fully saturated rings. The molecule has 0 amide bonds. The third-order valence-corrected chi connectivity index (χ3v) is 3.73. The van der Waals surface area contributed by atoms with E-state index in [0.29, 0.717) is 16.9 Å². The highest BCUT2D eigenvalue weighted by Crippen LogP contribution is 2.23. The van der Waals surface area contributed by atoms with Gasteiger partial charge >= 0.3 is 0 Å². The molecule has 0 heterocycles. The first-order valence-electron chi connectivity index (χ1n) is 5.87. The standard InChI is InChI=1S/C13H13F2N3O2S/c14-10-3-1-8(5-11(10)15)7-18-13-6-9(21(17,19)20)2-4-12(13)16/h1-6,18H,7,16H2,(H2,17,19,20). The fourth-order valence-corrected chi connectivity index (χ4v) is 2.25. The third kappa shape index (κ3) is 3.67. The molecule has 0 aromatic heterocycles. The van der Waals surface area contributed by atoms with Crippen LogP contribution in [0.3, 0.4) is 0 Å². The molecule has 0 spiro atoms. The summed E-state index contributed by atoms with van der Waals surface area (Å²) < 4.78 is 48.4. The van der Waals surface area contributed by atoms with Gasteiger partial charge in [0.2, 0.25) is 10.0 Å². The Morgan fingerprint density at radius 3 is 2.38 bits per heavy atom.